The van der Waals surface area contributed by atoms with Gasteiger partial charge in [0.1, 0.15) is 23.9 Å². The van der Waals surface area contributed by atoms with Crippen LogP contribution in [0.4, 0.5) is 0 Å². The number of nitrogens with one attached hydrogen (secondary N) is 2. The Bertz CT molecular complexity index is 785. The molecule has 0 saturated heterocycles. The van der Waals surface area contributed by atoms with Gasteiger partial charge in [0.15, 0.2) is 5.96 Å². The standard InChI is InChI=1S/C23H33N3O4.HI/c1-18-6-7-19(22(16-18)30-15-14-27-3)17-26-23(24-2)25-12-5-13-29-21-10-8-20(28-4)9-11-21;/h6-11,16H,5,12-15,17H2,1-4H3,(H2,24,25,26);1H. The molecule has 0 saturated carbocycles. The van der Waals surface area contributed by atoms with Crippen LogP contribution in [0, 0.1) is 6.92 Å². The monoisotopic (exact) mass is 543 g/mol. The van der Waals surface area contributed by atoms with Crippen molar-refractivity contribution >= 4 is 29.9 Å². The van der Waals surface area contributed by atoms with Crippen LogP contribution in [-0.2, 0) is 11.3 Å². The molecule has 2 N–H and O–H groups in total. The van der Waals surface area contributed by atoms with Gasteiger partial charge in [-0.25, -0.2) is 0 Å². The lowest BCUT2D eigenvalue weighted by molar-refractivity contribution is 0.145. The zero-order chi connectivity index (χ0) is 21.6. The van der Waals surface area contributed by atoms with Gasteiger partial charge in [0.25, 0.3) is 0 Å². The number of hydrogen-bond acceptors (Lipinski definition) is 5. The maximum Gasteiger partial charge on any atom is 0.191 e. The second kappa shape index (κ2) is 15.6. The van der Waals surface area contributed by atoms with Crippen LogP contribution in [0.2, 0.25) is 0 Å². The van der Waals surface area contributed by atoms with Crippen molar-refractivity contribution in [1.82, 2.24) is 10.6 Å². The molecule has 0 bridgehead atoms. The van der Waals surface area contributed by atoms with E-state index in [2.05, 4.69) is 34.7 Å². The molecule has 0 fully saturated rings. The highest BCUT2D eigenvalue weighted by Crippen LogP contribution is 2.20. The summed E-state index contributed by atoms with van der Waals surface area (Å²) in [5.41, 5.74) is 2.23. The number of nitrogens with zero attached hydrogens (tertiary/aromatic N) is 1. The fourth-order valence-electron chi connectivity index (χ4n) is 2.72. The van der Waals surface area contributed by atoms with Gasteiger partial charge in [-0.2, -0.15) is 0 Å². The highest BCUT2D eigenvalue weighted by Gasteiger charge is 2.06. The van der Waals surface area contributed by atoms with Crippen LogP contribution >= 0.6 is 24.0 Å². The molecule has 8 heteroatoms. The first kappa shape index (κ1) is 26.8. The number of rotatable bonds is 12. The summed E-state index contributed by atoms with van der Waals surface area (Å²) < 4.78 is 21.8. The maximum absolute atomic E-state index is 5.84. The highest BCUT2D eigenvalue weighted by atomic mass is 127. The highest BCUT2D eigenvalue weighted by molar-refractivity contribution is 14.0. The lowest BCUT2D eigenvalue weighted by Gasteiger charge is -2.15. The number of aliphatic imine (C=N–C) groups is 1. The zero-order valence-electron chi connectivity index (χ0n) is 18.8. The third-order valence-corrected chi connectivity index (χ3v) is 4.38. The second-order valence-corrected chi connectivity index (χ2v) is 6.68. The number of methoxy groups -OCH3 is 2. The lowest BCUT2D eigenvalue weighted by Crippen LogP contribution is -2.37. The first-order valence-electron chi connectivity index (χ1n) is 10.1. The number of halogens is 1. The van der Waals surface area contributed by atoms with Gasteiger partial charge in [-0.05, 0) is 49.2 Å². The Hall–Kier alpha value is -2.20. The molecular weight excluding hydrogens is 509 g/mol. The number of benzene rings is 2. The Morgan fingerprint density at radius 3 is 2.32 bits per heavy atom. The minimum atomic E-state index is 0. The Balaban J connectivity index is 0.00000480. The van der Waals surface area contributed by atoms with Crippen molar-refractivity contribution < 1.29 is 18.9 Å². The molecular formula is C23H34IN3O4. The van der Waals surface area contributed by atoms with Gasteiger partial charge in [-0.15, -0.1) is 24.0 Å². The Labute approximate surface area is 202 Å². The third-order valence-electron chi connectivity index (χ3n) is 4.38. The average Bonchev–Trinajstić information content (AvgIpc) is 2.77. The van der Waals surface area contributed by atoms with E-state index in [1.165, 1.54) is 0 Å². The van der Waals surface area contributed by atoms with E-state index in [0.29, 0.717) is 26.4 Å². The van der Waals surface area contributed by atoms with Gasteiger partial charge < -0.3 is 29.6 Å². The van der Waals surface area contributed by atoms with E-state index in [1.54, 1.807) is 21.3 Å². The molecule has 0 aromatic heterocycles. The Morgan fingerprint density at radius 2 is 1.65 bits per heavy atom. The van der Waals surface area contributed by atoms with E-state index in [1.807, 2.05) is 30.3 Å². The fourth-order valence-corrected chi connectivity index (χ4v) is 2.72. The molecule has 172 valence electrons. The molecule has 0 heterocycles. The molecule has 0 radical (unpaired) electrons. The zero-order valence-corrected chi connectivity index (χ0v) is 21.1. The molecule has 0 spiro atoms. The summed E-state index contributed by atoms with van der Waals surface area (Å²) in [4.78, 5) is 4.28. The van der Waals surface area contributed by atoms with Crippen LogP contribution in [-0.4, -0.2) is 53.6 Å². The molecule has 0 amide bonds. The van der Waals surface area contributed by atoms with Gasteiger partial charge >= 0.3 is 0 Å². The van der Waals surface area contributed by atoms with Crippen LogP contribution < -0.4 is 24.8 Å². The first-order valence-corrected chi connectivity index (χ1v) is 10.1. The fraction of sp³-hybridized carbons (Fsp3) is 0.435. The molecule has 0 aliphatic carbocycles. The van der Waals surface area contributed by atoms with Crippen molar-refractivity contribution in [1.29, 1.82) is 0 Å². The number of aryl methyl sites for hydroxylation is 1. The predicted molar refractivity (Wildman–Crippen MR) is 135 cm³/mol. The topological polar surface area (TPSA) is 73.3 Å². The van der Waals surface area contributed by atoms with Crippen molar-refractivity contribution in [2.45, 2.75) is 19.9 Å². The average molecular weight is 543 g/mol. The second-order valence-electron chi connectivity index (χ2n) is 6.68. The van der Waals surface area contributed by atoms with Crippen LogP contribution in [0.15, 0.2) is 47.5 Å². The molecule has 2 aromatic rings. The summed E-state index contributed by atoms with van der Waals surface area (Å²) >= 11 is 0. The van der Waals surface area contributed by atoms with E-state index >= 15 is 0 Å². The van der Waals surface area contributed by atoms with Gasteiger partial charge in [-0.3, -0.25) is 4.99 Å². The van der Waals surface area contributed by atoms with E-state index in [4.69, 9.17) is 18.9 Å². The predicted octanol–water partition coefficient (Wildman–Crippen LogP) is 3.78. The summed E-state index contributed by atoms with van der Waals surface area (Å²) in [6.45, 7) is 5.11. The first-order chi connectivity index (χ1) is 14.7. The summed E-state index contributed by atoms with van der Waals surface area (Å²) in [6, 6.07) is 13.8. The number of guanidine groups is 1. The van der Waals surface area contributed by atoms with Crippen LogP contribution in [0.25, 0.3) is 0 Å². The lowest BCUT2D eigenvalue weighted by atomic mass is 10.1. The van der Waals surface area contributed by atoms with Crippen LogP contribution in [0.3, 0.4) is 0 Å². The molecule has 0 atom stereocenters. The number of hydrogen-bond donors (Lipinski definition) is 2. The van der Waals surface area contributed by atoms with Crippen molar-refractivity contribution in [2.24, 2.45) is 4.99 Å². The third kappa shape index (κ3) is 10.1. The smallest absolute Gasteiger partial charge is 0.191 e. The molecule has 0 aliphatic heterocycles. The molecule has 0 aliphatic rings. The van der Waals surface area contributed by atoms with E-state index in [-0.39, 0.29) is 24.0 Å². The van der Waals surface area contributed by atoms with Crippen molar-refractivity contribution in [3.63, 3.8) is 0 Å². The summed E-state index contributed by atoms with van der Waals surface area (Å²) in [5.74, 6) is 3.25. The van der Waals surface area contributed by atoms with Crippen LogP contribution in [0.1, 0.15) is 17.5 Å². The summed E-state index contributed by atoms with van der Waals surface area (Å²) in [5, 5.41) is 6.64. The molecule has 31 heavy (non-hydrogen) atoms. The van der Waals surface area contributed by atoms with E-state index in [9.17, 15) is 0 Å². The minimum Gasteiger partial charge on any atom is -0.497 e. The Morgan fingerprint density at radius 1 is 0.903 bits per heavy atom. The molecule has 2 aromatic carbocycles. The quantitative estimate of drug-likeness (QED) is 0.184. The van der Waals surface area contributed by atoms with Gasteiger partial charge in [-0.1, -0.05) is 12.1 Å². The van der Waals surface area contributed by atoms with Crippen molar-refractivity contribution in [3.8, 4) is 17.2 Å². The SMILES string of the molecule is CN=C(NCCCOc1ccc(OC)cc1)NCc1ccc(C)cc1OCCOC.I. The van der Waals surface area contributed by atoms with E-state index in [0.717, 1.165) is 47.3 Å². The van der Waals surface area contributed by atoms with Gasteiger partial charge in [0.2, 0.25) is 0 Å². The largest absolute Gasteiger partial charge is 0.497 e. The molecule has 7 nitrogen and oxygen atoms in total. The van der Waals surface area contributed by atoms with Crippen molar-refractivity contribution in [3.05, 3.63) is 53.6 Å². The van der Waals surface area contributed by atoms with Gasteiger partial charge in [0, 0.05) is 32.8 Å². The number of ether oxygens (including phenoxy) is 4. The van der Waals surface area contributed by atoms with Gasteiger partial charge in [0.05, 0.1) is 20.3 Å². The molecule has 2 rings (SSSR count). The molecule has 0 unspecified atom stereocenters. The van der Waals surface area contributed by atoms with E-state index < -0.39 is 0 Å². The minimum absolute atomic E-state index is 0. The van der Waals surface area contributed by atoms with Crippen LogP contribution in [0.5, 0.6) is 17.2 Å². The summed E-state index contributed by atoms with van der Waals surface area (Å²) in [7, 11) is 5.07. The Kier molecular flexibility index (Phi) is 13.5. The summed E-state index contributed by atoms with van der Waals surface area (Å²) in [6.07, 6.45) is 0.850. The van der Waals surface area contributed by atoms with Crippen molar-refractivity contribution in [2.75, 3.05) is 47.6 Å². The normalized spacial score (nSPS) is 10.8. The maximum atomic E-state index is 5.84.